The van der Waals surface area contributed by atoms with Crippen LogP contribution in [-0.4, -0.2) is 49.1 Å². The summed E-state index contributed by atoms with van der Waals surface area (Å²) in [6, 6.07) is -0.414. The number of hydrogen-bond donors (Lipinski definition) is 2. The Bertz CT molecular complexity index is 563. The number of carbonyl (C=O) groups is 2. The number of nitrogens with zero attached hydrogens (tertiary/aromatic N) is 3. The van der Waals surface area contributed by atoms with Gasteiger partial charge in [0, 0.05) is 6.04 Å². The summed E-state index contributed by atoms with van der Waals surface area (Å²) in [5.41, 5.74) is -0.466. The number of aromatic amines is 1. The van der Waals surface area contributed by atoms with Crippen LogP contribution >= 0.6 is 0 Å². The van der Waals surface area contributed by atoms with Gasteiger partial charge in [-0.15, -0.1) is 5.10 Å². The molecule has 1 fully saturated rings. The standard InChI is InChI=1S/C14H22N4O4/c1-5-8-6-7-9(10-11(12(19)20)16-17-15-10)18(8)13(21)22-14(2,3)4/h8-9H,5-7H2,1-4H3,(H,19,20)(H,15,16,17). The second-order valence-electron chi connectivity index (χ2n) is 6.41. The van der Waals surface area contributed by atoms with Gasteiger partial charge in [0.25, 0.3) is 0 Å². The number of likely N-dealkylation sites (tertiary alicyclic amines) is 1. The second-order valence-corrected chi connectivity index (χ2v) is 6.41. The lowest BCUT2D eigenvalue weighted by Gasteiger charge is -2.31. The number of aromatic nitrogens is 3. The lowest BCUT2D eigenvalue weighted by atomic mass is 10.1. The van der Waals surface area contributed by atoms with Crippen LogP contribution in [0.15, 0.2) is 0 Å². The Morgan fingerprint density at radius 3 is 2.59 bits per heavy atom. The van der Waals surface area contributed by atoms with Crippen molar-refractivity contribution in [2.45, 2.75) is 64.6 Å². The molecule has 2 atom stereocenters. The lowest BCUT2D eigenvalue weighted by Crippen LogP contribution is -2.41. The van der Waals surface area contributed by atoms with Gasteiger partial charge in [-0.2, -0.15) is 10.3 Å². The fraction of sp³-hybridized carbons (Fsp3) is 0.714. The van der Waals surface area contributed by atoms with Crippen LogP contribution in [0.25, 0.3) is 0 Å². The van der Waals surface area contributed by atoms with Crippen LogP contribution < -0.4 is 0 Å². The van der Waals surface area contributed by atoms with Gasteiger partial charge in [-0.1, -0.05) is 6.92 Å². The zero-order chi connectivity index (χ0) is 16.5. The first kappa shape index (κ1) is 16.3. The Hall–Kier alpha value is -2.12. The molecule has 0 bridgehead atoms. The summed E-state index contributed by atoms with van der Waals surface area (Å²) in [4.78, 5) is 25.4. The molecule has 8 heteroatoms. The van der Waals surface area contributed by atoms with Gasteiger partial charge in [-0.25, -0.2) is 9.59 Å². The number of carboxylic acids is 1. The van der Waals surface area contributed by atoms with Crippen LogP contribution in [0.2, 0.25) is 0 Å². The molecule has 1 saturated heterocycles. The minimum absolute atomic E-state index is 0.0122. The van der Waals surface area contributed by atoms with E-state index in [4.69, 9.17) is 4.74 Å². The molecule has 0 saturated carbocycles. The van der Waals surface area contributed by atoms with Crippen molar-refractivity contribution in [3.63, 3.8) is 0 Å². The Balaban J connectivity index is 2.31. The third-order valence-electron chi connectivity index (χ3n) is 3.67. The van der Waals surface area contributed by atoms with Gasteiger partial charge in [-0.3, -0.25) is 4.90 Å². The molecule has 1 aliphatic heterocycles. The summed E-state index contributed by atoms with van der Waals surface area (Å²) in [5, 5.41) is 19.1. The molecule has 8 nitrogen and oxygen atoms in total. The zero-order valence-electron chi connectivity index (χ0n) is 13.3. The van der Waals surface area contributed by atoms with E-state index in [0.29, 0.717) is 6.42 Å². The van der Waals surface area contributed by atoms with E-state index in [9.17, 15) is 14.7 Å². The van der Waals surface area contributed by atoms with Gasteiger partial charge >= 0.3 is 12.1 Å². The Labute approximate surface area is 128 Å². The predicted molar refractivity (Wildman–Crippen MR) is 77.5 cm³/mol. The topological polar surface area (TPSA) is 108 Å². The van der Waals surface area contributed by atoms with Crippen molar-refractivity contribution in [1.82, 2.24) is 20.3 Å². The molecule has 122 valence electrons. The molecule has 1 aromatic heterocycles. The minimum Gasteiger partial charge on any atom is -0.476 e. The van der Waals surface area contributed by atoms with Crippen LogP contribution in [-0.2, 0) is 4.74 Å². The normalized spacial score (nSPS) is 21.9. The van der Waals surface area contributed by atoms with Crippen LogP contribution in [0.5, 0.6) is 0 Å². The highest BCUT2D eigenvalue weighted by Crippen LogP contribution is 2.38. The summed E-state index contributed by atoms with van der Waals surface area (Å²) in [6.45, 7) is 7.40. The molecule has 0 aliphatic carbocycles. The number of aromatic carboxylic acids is 1. The van der Waals surface area contributed by atoms with E-state index in [0.717, 1.165) is 12.8 Å². The van der Waals surface area contributed by atoms with Crippen molar-refractivity contribution in [3.05, 3.63) is 11.4 Å². The Morgan fingerprint density at radius 2 is 2.05 bits per heavy atom. The van der Waals surface area contributed by atoms with Crippen molar-refractivity contribution in [1.29, 1.82) is 0 Å². The number of nitrogens with one attached hydrogen (secondary N) is 1. The first-order valence-electron chi connectivity index (χ1n) is 7.40. The number of H-pyrrole nitrogens is 1. The highest BCUT2D eigenvalue weighted by molar-refractivity contribution is 5.86. The smallest absolute Gasteiger partial charge is 0.411 e. The van der Waals surface area contributed by atoms with Gasteiger partial charge in [-0.05, 0) is 40.0 Å². The third kappa shape index (κ3) is 3.20. The van der Waals surface area contributed by atoms with Crippen LogP contribution in [0.4, 0.5) is 4.79 Å². The Kier molecular flexibility index (Phi) is 4.39. The van der Waals surface area contributed by atoms with Gasteiger partial charge in [0.15, 0.2) is 5.69 Å². The molecule has 1 aliphatic rings. The van der Waals surface area contributed by atoms with Gasteiger partial charge < -0.3 is 9.84 Å². The maximum atomic E-state index is 12.5. The molecule has 1 aromatic rings. The number of amides is 1. The van der Waals surface area contributed by atoms with Gasteiger partial charge in [0.05, 0.1) is 6.04 Å². The molecule has 0 aromatic carbocycles. The van der Waals surface area contributed by atoms with E-state index in [1.54, 1.807) is 25.7 Å². The van der Waals surface area contributed by atoms with E-state index in [-0.39, 0.29) is 17.4 Å². The average Bonchev–Trinajstić information content (AvgIpc) is 3.02. The summed E-state index contributed by atoms with van der Waals surface area (Å²) in [5.74, 6) is -1.16. The van der Waals surface area contributed by atoms with Crippen LogP contribution in [0.3, 0.4) is 0 Å². The largest absolute Gasteiger partial charge is 0.476 e. The van der Waals surface area contributed by atoms with Gasteiger partial charge in [0.2, 0.25) is 0 Å². The van der Waals surface area contributed by atoms with E-state index in [1.165, 1.54) is 0 Å². The first-order valence-corrected chi connectivity index (χ1v) is 7.40. The molecule has 2 unspecified atom stereocenters. The number of rotatable bonds is 3. The molecule has 0 radical (unpaired) electrons. The Morgan fingerprint density at radius 1 is 1.36 bits per heavy atom. The van der Waals surface area contributed by atoms with Crippen molar-refractivity contribution in [2.75, 3.05) is 0 Å². The van der Waals surface area contributed by atoms with E-state index >= 15 is 0 Å². The van der Waals surface area contributed by atoms with E-state index in [1.807, 2.05) is 6.92 Å². The average molecular weight is 310 g/mol. The molecule has 22 heavy (non-hydrogen) atoms. The van der Waals surface area contributed by atoms with Crippen LogP contribution in [0, 0.1) is 0 Å². The predicted octanol–water partition coefficient (Wildman–Crippen LogP) is 2.35. The number of hydrogen-bond acceptors (Lipinski definition) is 5. The van der Waals surface area contributed by atoms with Crippen molar-refractivity contribution >= 4 is 12.1 Å². The first-order chi connectivity index (χ1) is 10.2. The minimum atomic E-state index is -1.16. The summed E-state index contributed by atoms with van der Waals surface area (Å²) in [6.07, 6.45) is 1.76. The summed E-state index contributed by atoms with van der Waals surface area (Å²) >= 11 is 0. The molecule has 2 N–H and O–H groups in total. The molecular weight excluding hydrogens is 288 g/mol. The molecule has 2 heterocycles. The molecule has 0 spiro atoms. The fourth-order valence-electron chi connectivity index (χ4n) is 2.77. The quantitative estimate of drug-likeness (QED) is 0.887. The molecule has 1 amide bonds. The lowest BCUT2D eigenvalue weighted by molar-refractivity contribution is 0.0134. The summed E-state index contributed by atoms with van der Waals surface area (Å²) in [7, 11) is 0. The second kappa shape index (κ2) is 5.94. The monoisotopic (exact) mass is 310 g/mol. The highest BCUT2D eigenvalue weighted by atomic mass is 16.6. The molecular formula is C14H22N4O4. The number of carboxylic acid groups (broad SMARTS) is 1. The third-order valence-corrected chi connectivity index (χ3v) is 3.67. The number of ether oxygens (including phenoxy) is 1. The van der Waals surface area contributed by atoms with Crippen molar-refractivity contribution in [3.8, 4) is 0 Å². The maximum absolute atomic E-state index is 12.5. The van der Waals surface area contributed by atoms with Gasteiger partial charge in [0.1, 0.15) is 11.3 Å². The van der Waals surface area contributed by atoms with Crippen molar-refractivity contribution in [2.24, 2.45) is 0 Å². The van der Waals surface area contributed by atoms with E-state index in [2.05, 4.69) is 15.4 Å². The zero-order valence-corrected chi connectivity index (χ0v) is 13.3. The van der Waals surface area contributed by atoms with Crippen molar-refractivity contribution < 1.29 is 19.4 Å². The SMILES string of the molecule is CCC1CCC(c2n[nH]nc2C(=O)O)N1C(=O)OC(C)(C)C. The number of carbonyl (C=O) groups excluding carboxylic acids is 1. The molecule has 2 rings (SSSR count). The summed E-state index contributed by atoms with van der Waals surface area (Å²) < 4.78 is 5.46. The maximum Gasteiger partial charge on any atom is 0.411 e. The van der Waals surface area contributed by atoms with Crippen LogP contribution in [0.1, 0.15) is 69.2 Å². The van der Waals surface area contributed by atoms with E-state index < -0.39 is 23.7 Å². The highest BCUT2D eigenvalue weighted by Gasteiger charge is 2.42. The fourth-order valence-corrected chi connectivity index (χ4v) is 2.77.